The zero-order valence-corrected chi connectivity index (χ0v) is 13.8. The van der Waals surface area contributed by atoms with Crippen LogP contribution in [0.25, 0.3) is 0 Å². The van der Waals surface area contributed by atoms with E-state index < -0.39 is 23.4 Å². The van der Waals surface area contributed by atoms with Gasteiger partial charge in [0.1, 0.15) is 5.82 Å². The number of hydrogen-bond acceptors (Lipinski definition) is 4. The minimum atomic E-state index is -0.746. The van der Waals surface area contributed by atoms with Gasteiger partial charge in [-0.05, 0) is 30.3 Å². The van der Waals surface area contributed by atoms with Crippen LogP contribution in [0.4, 0.5) is 10.1 Å². The van der Waals surface area contributed by atoms with Crippen LogP contribution in [0.5, 0.6) is 11.5 Å². The second-order valence-corrected chi connectivity index (χ2v) is 6.01. The molecule has 0 unspecified atom stereocenters. The summed E-state index contributed by atoms with van der Waals surface area (Å²) in [5.41, 5.74) is 0.670. The molecule has 0 spiro atoms. The predicted octanol–water partition coefficient (Wildman–Crippen LogP) is 2.70. The van der Waals surface area contributed by atoms with Crippen molar-refractivity contribution in [1.82, 2.24) is 5.32 Å². The maximum atomic E-state index is 13.1. The summed E-state index contributed by atoms with van der Waals surface area (Å²) < 4.78 is 24.3. The number of halogens is 1. The Bertz CT molecular complexity index is 836. The monoisotopic (exact) mass is 344 g/mol. The Kier molecular flexibility index (Phi) is 4.31. The fourth-order valence-electron chi connectivity index (χ4n) is 2.40. The first-order valence-corrected chi connectivity index (χ1v) is 7.68. The molecule has 6 nitrogen and oxygen atoms in total. The number of rotatable bonds is 4. The molecule has 1 heterocycles. The smallest absolute Gasteiger partial charge is 0.251 e. The maximum absolute atomic E-state index is 13.1. The van der Waals surface area contributed by atoms with E-state index >= 15 is 0 Å². The number of ether oxygens (including phenoxy) is 2. The molecular formula is C18H17FN2O4. The van der Waals surface area contributed by atoms with Gasteiger partial charge in [0, 0.05) is 31.2 Å². The lowest BCUT2D eigenvalue weighted by Gasteiger charge is -2.16. The Labute approximate surface area is 143 Å². The highest BCUT2D eigenvalue weighted by molar-refractivity contribution is 5.99. The standard InChI is InChI=1S/C18H17FN2O4/c1-18(2)24-14-7-6-13(9-15(14)25-18)21-16(22)10-20-17(23)11-4-3-5-12(19)8-11/h3-9H,10H2,1-2H3,(H,20,23)(H,21,22). The van der Waals surface area contributed by atoms with Crippen LogP contribution in [0.3, 0.4) is 0 Å². The van der Waals surface area contributed by atoms with Crippen molar-refractivity contribution in [1.29, 1.82) is 0 Å². The first-order valence-electron chi connectivity index (χ1n) is 7.68. The molecule has 2 N–H and O–H groups in total. The summed E-state index contributed by atoms with van der Waals surface area (Å²) in [4.78, 5) is 23.9. The molecule has 25 heavy (non-hydrogen) atoms. The second-order valence-electron chi connectivity index (χ2n) is 6.01. The summed E-state index contributed by atoms with van der Waals surface area (Å²) >= 11 is 0. The zero-order valence-electron chi connectivity index (χ0n) is 13.8. The van der Waals surface area contributed by atoms with E-state index in [0.717, 1.165) is 6.07 Å². The highest BCUT2D eigenvalue weighted by Gasteiger charge is 2.31. The second kappa shape index (κ2) is 6.43. The molecule has 1 aliphatic heterocycles. The number of nitrogens with one attached hydrogen (secondary N) is 2. The van der Waals surface area contributed by atoms with E-state index in [1.165, 1.54) is 18.2 Å². The van der Waals surface area contributed by atoms with Gasteiger partial charge < -0.3 is 20.1 Å². The average Bonchev–Trinajstić information content (AvgIpc) is 2.85. The first-order chi connectivity index (χ1) is 11.8. The molecule has 0 saturated carbocycles. The van der Waals surface area contributed by atoms with Gasteiger partial charge in [-0.3, -0.25) is 9.59 Å². The third-order valence-corrected chi connectivity index (χ3v) is 3.44. The Morgan fingerprint density at radius 1 is 1.08 bits per heavy atom. The number of amides is 2. The van der Waals surface area contributed by atoms with Gasteiger partial charge in [-0.2, -0.15) is 0 Å². The van der Waals surface area contributed by atoms with Crippen molar-refractivity contribution in [2.75, 3.05) is 11.9 Å². The van der Waals surface area contributed by atoms with Gasteiger partial charge in [-0.15, -0.1) is 0 Å². The molecule has 0 aliphatic carbocycles. The van der Waals surface area contributed by atoms with Crippen LogP contribution in [-0.4, -0.2) is 24.1 Å². The highest BCUT2D eigenvalue weighted by atomic mass is 19.1. The fourth-order valence-corrected chi connectivity index (χ4v) is 2.40. The van der Waals surface area contributed by atoms with Gasteiger partial charge in [-0.1, -0.05) is 6.07 Å². The van der Waals surface area contributed by atoms with Crippen LogP contribution in [0.15, 0.2) is 42.5 Å². The van der Waals surface area contributed by atoms with E-state index in [9.17, 15) is 14.0 Å². The van der Waals surface area contributed by atoms with Gasteiger partial charge >= 0.3 is 0 Å². The predicted molar refractivity (Wildman–Crippen MR) is 89.1 cm³/mol. The van der Waals surface area contributed by atoms with Crippen LogP contribution in [0.2, 0.25) is 0 Å². The number of anilines is 1. The Morgan fingerprint density at radius 3 is 2.60 bits per heavy atom. The maximum Gasteiger partial charge on any atom is 0.251 e. The van der Waals surface area contributed by atoms with Crippen LogP contribution in [0, 0.1) is 5.82 Å². The van der Waals surface area contributed by atoms with Crippen molar-refractivity contribution in [3.63, 3.8) is 0 Å². The molecule has 2 amide bonds. The van der Waals surface area contributed by atoms with Gasteiger partial charge in [0.15, 0.2) is 11.5 Å². The molecule has 0 fully saturated rings. The van der Waals surface area contributed by atoms with E-state index in [1.807, 2.05) is 0 Å². The zero-order chi connectivity index (χ0) is 18.0. The SMILES string of the molecule is CC1(C)Oc2ccc(NC(=O)CNC(=O)c3cccc(F)c3)cc2O1. The van der Waals surface area contributed by atoms with E-state index in [0.29, 0.717) is 17.2 Å². The normalized spacial score (nSPS) is 14.0. The molecule has 7 heteroatoms. The Balaban J connectivity index is 1.56. The van der Waals surface area contributed by atoms with E-state index in [-0.39, 0.29) is 12.1 Å². The average molecular weight is 344 g/mol. The largest absolute Gasteiger partial charge is 0.449 e. The number of carbonyl (C=O) groups excluding carboxylic acids is 2. The van der Waals surface area contributed by atoms with E-state index in [4.69, 9.17) is 9.47 Å². The highest BCUT2D eigenvalue weighted by Crippen LogP contribution is 2.40. The number of benzene rings is 2. The lowest BCUT2D eigenvalue weighted by molar-refractivity contribution is -0.115. The van der Waals surface area contributed by atoms with Crippen molar-refractivity contribution in [2.45, 2.75) is 19.6 Å². The molecule has 3 rings (SSSR count). The summed E-state index contributed by atoms with van der Waals surface area (Å²) in [6, 6.07) is 10.3. The van der Waals surface area contributed by atoms with Crippen LogP contribution >= 0.6 is 0 Å². The molecular weight excluding hydrogens is 327 g/mol. The minimum Gasteiger partial charge on any atom is -0.449 e. The third-order valence-electron chi connectivity index (χ3n) is 3.44. The quantitative estimate of drug-likeness (QED) is 0.894. The first kappa shape index (κ1) is 16.8. The summed E-state index contributed by atoms with van der Waals surface area (Å²) in [5, 5.41) is 5.09. The molecule has 2 aromatic carbocycles. The molecule has 1 aliphatic rings. The molecule has 0 bridgehead atoms. The van der Waals surface area contributed by atoms with Gasteiger partial charge in [0.2, 0.25) is 11.7 Å². The van der Waals surface area contributed by atoms with Crippen LogP contribution in [-0.2, 0) is 4.79 Å². The third kappa shape index (κ3) is 4.06. The van der Waals surface area contributed by atoms with Crippen LogP contribution < -0.4 is 20.1 Å². The van der Waals surface area contributed by atoms with Crippen molar-refractivity contribution in [2.24, 2.45) is 0 Å². The lowest BCUT2D eigenvalue weighted by Crippen LogP contribution is -2.32. The van der Waals surface area contributed by atoms with Crippen molar-refractivity contribution >= 4 is 17.5 Å². The van der Waals surface area contributed by atoms with Crippen molar-refractivity contribution in [3.8, 4) is 11.5 Å². The lowest BCUT2D eigenvalue weighted by atomic mass is 10.2. The van der Waals surface area contributed by atoms with Gasteiger partial charge in [-0.25, -0.2) is 4.39 Å². The summed E-state index contributed by atoms with van der Waals surface area (Å²) in [6.45, 7) is 3.33. The summed E-state index contributed by atoms with van der Waals surface area (Å²) in [6.07, 6.45) is 0. The molecule has 0 atom stereocenters. The molecule has 130 valence electrons. The van der Waals surface area contributed by atoms with Crippen molar-refractivity contribution in [3.05, 3.63) is 53.8 Å². The Hall–Kier alpha value is -3.09. The van der Waals surface area contributed by atoms with Gasteiger partial charge in [0.05, 0.1) is 6.54 Å². The topological polar surface area (TPSA) is 76.7 Å². The number of fused-ring (bicyclic) bond motifs is 1. The molecule has 2 aromatic rings. The summed E-state index contributed by atoms with van der Waals surface area (Å²) in [7, 11) is 0. The number of carbonyl (C=O) groups is 2. The molecule has 0 radical (unpaired) electrons. The Morgan fingerprint density at radius 2 is 1.84 bits per heavy atom. The number of hydrogen-bond donors (Lipinski definition) is 2. The van der Waals surface area contributed by atoms with E-state index in [2.05, 4.69) is 10.6 Å². The van der Waals surface area contributed by atoms with Crippen molar-refractivity contribution < 1.29 is 23.5 Å². The van der Waals surface area contributed by atoms with Crippen LogP contribution in [0.1, 0.15) is 24.2 Å². The minimum absolute atomic E-state index is 0.151. The van der Waals surface area contributed by atoms with Gasteiger partial charge in [0.25, 0.3) is 5.91 Å². The molecule has 0 saturated heterocycles. The molecule has 0 aromatic heterocycles. The fraction of sp³-hybridized carbons (Fsp3) is 0.222. The van der Waals surface area contributed by atoms with E-state index in [1.54, 1.807) is 32.0 Å². The summed E-state index contributed by atoms with van der Waals surface area (Å²) in [5.74, 6) is -1.07.